The minimum Gasteiger partial charge on any atom is -0.493 e. The number of carbonyl (C=O) groups excluding carboxylic acids is 2. The van der Waals surface area contributed by atoms with Crippen molar-refractivity contribution in [1.29, 1.82) is 0 Å². The van der Waals surface area contributed by atoms with Gasteiger partial charge in [-0.15, -0.1) is 5.10 Å². The number of aromatic nitrogens is 3. The van der Waals surface area contributed by atoms with Crippen molar-refractivity contribution in [2.75, 3.05) is 33.8 Å². The van der Waals surface area contributed by atoms with Gasteiger partial charge in [0.25, 0.3) is 5.82 Å². The third kappa shape index (κ3) is 2.95. The second kappa shape index (κ2) is 7.69. The van der Waals surface area contributed by atoms with E-state index in [1.807, 2.05) is 0 Å². The average Bonchev–Trinajstić information content (AvgIpc) is 3.19. The molecule has 0 bridgehead atoms. The van der Waals surface area contributed by atoms with Crippen LogP contribution in [0.2, 0.25) is 0 Å². The molecule has 1 aromatic carbocycles. The minimum absolute atomic E-state index is 0.00589. The molecule has 0 saturated carbocycles. The standard InChI is InChI=1S/C20H22N4O6/c1-27-13-9-8-10(16(28-2)17(13)29-3)15-14-11(6-5-7-12(14)25)21-20-22-18(19(26)30-4)23-24(15)20/h8-9,15H,5-7H2,1-4H3,(H,21,22,23). The molecule has 158 valence electrons. The minimum atomic E-state index is -0.666. The van der Waals surface area contributed by atoms with Gasteiger partial charge in [0.15, 0.2) is 17.3 Å². The van der Waals surface area contributed by atoms with Crippen LogP contribution in [0.25, 0.3) is 0 Å². The van der Waals surface area contributed by atoms with E-state index in [0.29, 0.717) is 47.2 Å². The molecule has 1 aromatic heterocycles. The first kappa shape index (κ1) is 19.7. The maximum atomic E-state index is 12.9. The first-order valence-electron chi connectivity index (χ1n) is 9.41. The third-order valence-corrected chi connectivity index (χ3v) is 5.27. The highest BCUT2D eigenvalue weighted by molar-refractivity contribution is 5.99. The van der Waals surface area contributed by atoms with Crippen LogP contribution in [-0.4, -0.2) is 55.0 Å². The van der Waals surface area contributed by atoms with Crippen molar-refractivity contribution in [3.05, 3.63) is 34.8 Å². The largest absolute Gasteiger partial charge is 0.493 e. The lowest BCUT2D eigenvalue weighted by Crippen LogP contribution is -2.31. The fraction of sp³-hybridized carbons (Fsp3) is 0.400. The fourth-order valence-corrected chi connectivity index (χ4v) is 3.96. The molecule has 1 atom stereocenters. The van der Waals surface area contributed by atoms with E-state index in [2.05, 4.69) is 15.4 Å². The molecule has 0 radical (unpaired) electrons. The highest BCUT2D eigenvalue weighted by Crippen LogP contribution is 2.48. The predicted octanol–water partition coefficient (Wildman–Crippen LogP) is 2.11. The highest BCUT2D eigenvalue weighted by atomic mass is 16.5. The van der Waals surface area contributed by atoms with Gasteiger partial charge in [-0.3, -0.25) is 4.79 Å². The maximum Gasteiger partial charge on any atom is 0.378 e. The van der Waals surface area contributed by atoms with Crippen LogP contribution in [0.1, 0.15) is 41.5 Å². The lowest BCUT2D eigenvalue weighted by Gasteiger charge is -2.33. The lowest BCUT2D eigenvalue weighted by molar-refractivity contribution is -0.116. The van der Waals surface area contributed by atoms with Gasteiger partial charge in [-0.1, -0.05) is 0 Å². The van der Waals surface area contributed by atoms with Crippen LogP contribution in [0.15, 0.2) is 23.4 Å². The quantitative estimate of drug-likeness (QED) is 0.735. The molecule has 0 amide bonds. The molecule has 4 rings (SSSR count). The Morgan fingerprint density at radius 1 is 1.10 bits per heavy atom. The summed E-state index contributed by atoms with van der Waals surface area (Å²) in [6, 6.07) is 2.89. The number of nitrogens with one attached hydrogen (secondary N) is 1. The number of fused-ring (bicyclic) bond motifs is 1. The number of hydrogen-bond acceptors (Lipinski definition) is 9. The van der Waals surface area contributed by atoms with E-state index in [9.17, 15) is 9.59 Å². The molecule has 1 aliphatic heterocycles. The van der Waals surface area contributed by atoms with Crippen LogP contribution in [0.5, 0.6) is 17.2 Å². The molecular formula is C20H22N4O6. The number of benzene rings is 1. The molecule has 2 heterocycles. The monoisotopic (exact) mass is 414 g/mol. The number of esters is 1. The molecule has 10 nitrogen and oxygen atoms in total. The van der Waals surface area contributed by atoms with Crippen molar-refractivity contribution in [2.45, 2.75) is 25.3 Å². The normalized spacial score (nSPS) is 17.6. The van der Waals surface area contributed by atoms with E-state index >= 15 is 0 Å². The first-order valence-corrected chi connectivity index (χ1v) is 9.41. The molecule has 0 saturated heterocycles. The number of nitrogens with zero attached hydrogens (tertiary/aromatic N) is 3. The Hall–Kier alpha value is -3.56. The number of ether oxygens (including phenoxy) is 4. The Kier molecular flexibility index (Phi) is 5.06. The average molecular weight is 414 g/mol. The molecule has 30 heavy (non-hydrogen) atoms. The molecule has 1 aliphatic carbocycles. The SMILES string of the molecule is COC(=O)c1nc2n(n1)C(c1ccc(OC)c(OC)c1OC)C1=C(CCCC1=O)N2. The van der Waals surface area contributed by atoms with E-state index in [1.54, 1.807) is 12.1 Å². The molecule has 0 spiro atoms. The van der Waals surface area contributed by atoms with Crippen molar-refractivity contribution >= 4 is 17.7 Å². The summed E-state index contributed by atoms with van der Waals surface area (Å²) in [5.41, 5.74) is 1.98. The summed E-state index contributed by atoms with van der Waals surface area (Å²) in [6.07, 6.45) is 1.85. The Bertz CT molecular complexity index is 1060. The van der Waals surface area contributed by atoms with Crippen molar-refractivity contribution in [3.8, 4) is 17.2 Å². The van der Waals surface area contributed by atoms with Crippen molar-refractivity contribution in [1.82, 2.24) is 14.8 Å². The molecule has 0 fully saturated rings. The summed E-state index contributed by atoms with van der Waals surface area (Å²) in [7, 11) is 5.82. The summed E-state index contributed by atoms with van der Waals surface area (Å²) >= 11 is 0. The number of allylic oxidation sites excluding steroid dienone is 2. The van der Waals surface area contributed by atoms with Crippen LogP contribution in [0.3, 0.4) is 0 Å². The van der Waals surface area contributed by atoms with Crippen LogP contribution in [-0.2, 0) is 9.53 Å². The van der Waals surface area contributed by atoms with Gasteiger partial charge in [-0.2, -0.15) is 4.98 Å². The molecule has 1 N–H and O–H groups in total. The van der Waals surface area contributed by atoms with Gasteiger partial charge in [-0.25, -0.2) is 9.48 Å². The molecule has 1 unspecified atom stereocenters. The first-order chi connectivity index (χ1) is 14.5. The van der Waals surface area contributed by atoms with Gasteiger partial charge in [-0.05, 0) is 25.0 Å². The number of anilines is 1. The zero-order valence-corrected chi connectivity index (χ0v) is 17.1. The van der Waals surface area contributed by atoms with E-state index in [0.717, 1.165) is 12.1 Å². The number of rotatable bonds is 5. The summed E-state index contributed by atoms with van der Waals surface area (Å²) in [6.45, 7) is 0. The number of methoxy groups -OCH3 is 4. The van der Waals surface area contributed by atoms with Gasteiger partial charge >= 0.3 is 5.97 Å². The number of ketones is 1. The number of carbonyl (C=O) groups is 2. The van der Waals surface area contributed by atoms with Crippen molar-refractivity contribution in [2.24, 2.45) is 0 Å². The van der Waals surface area contributed by atoms with Gasteiger partial charge < -0.3 is 24.3 Å². The molecule has 10 heteroatoms. The summed E-state index contributed by atoms with van der Waals surface area (Å²) in [5, 5.41) is 7.49. The van der Waals surface area contributed by atoms with Gasteiger partial charge in [0.05, 0.1) is 28.4 Å². The van der Waals surface area contributed by atoms with Crippen LogP contribution in [0, 0.1) is 0 Å². The number of hydrogen-bond donors (Lipinski definition) is 1. The summed E-state index contributed by atoms with van der Waals surface area (Å²) in [4.78, 5) is 29.2. The Balaban J connectivity index is 1.97. The Morgan fingerprint density at radius 2 is 1.87 bits per heavy atom. The smallest absolute Gasteiger partial charge is 0.378 e. The molecule has 2 aromatic rings. The van der Waals surface area contributed by atoms with Crippen molar-refractivity contribution in [3.63, 3.8) is 0 Å². The maximum absolute atomic E-state index is 12.9. The summed E-state index contributed by atoms with van der Waals surface area (Å²) in [5.74, 6) is 0.895. The van der Waals surface area contributed by atoms with Gasteiger partial charge in [0.2, 0.25) is 11.7 Å². The van der Waals surface area contributed by atoms with E-state index < -0.39 is 12.0 Å². The Labute approximate surface area is 172 Å². The van der Waals surface area contributed by atoms with Crippen LogP contribution >= 0.6 is 0 Å². The fourth-order valence-electron chi connectivity index (χ4n) is 3.96. The van der Waals surface area contributed by atoms with Crippen LogP contribution < -0.4 is 19.5 Å². The summed E-state index contributed by atoms with van der Waals surface area (Å²) < 4.78 is 22.8. The predicted molar refractivity (Wildman–Crippen MR) is 105 cm³/mol. The van der Waals surface area contributed by atoms with Crippen LogP contribution in [0.4, 0.5) is 5.95 Å². The number of Topliss-reactive ketones (excluding diaryl/α,β-unsaturated/α-hetero) is 1. The zero-order chi connectivity index (χ0) is 21.4. The van der Waals surface area contributed by atoms with Crippen molar-refractivity contribution < 1.29 is 28.5 Å². The van der Waals surface area contributed by atoms with Gasteiger partial charge in [0, 0.05) is 23.3 Å². The molecular weight excluding hydrogens is 392 g/mol. The highest BCUT2D eigenvalue weighted by Gasteiger charge is 2.39. The second-order valence-corrected chi connectivity index (χ2v) is 6.82. The zero-order valence-electron chi connectivity index (χ0n) is 17.1. The molecule has 2 aliphatic rings. The topological polar surface area (TPSA) is 114 Å². The second-order valence-electron chi connectivity index (χ2n) is 6.82. The van der Waals surface area contributed by atoms with E-state index in [4.69, 9.17) is 18.9 Å². The van der Waals surface area contributed by atoms with E-state index in [-0.39, 0.29) is 11.6 Å². The van der Waals surface area contributed by atoms with Gasteiger partial charge in [0.1, 0.15) is 6.04 Å². The Morgan fingerprint density at radius 3 is 2.53 bits per heavy atom. The third-order valence-electron chi connectivity index (χ3n) is 5.27. The lowest BCUT2D eigenvalue weighted by atomic mass is 9.85. The van der Waals surface area contributed by atoms with E-state index in [1.165, 1.54) is 33.1 Å².